The van der Waals surface area contributed by atoms with Gasteiger partial charge in [0.15, 0.2) is 0 Å². The molecule has 1 aromatic rings. The molecular weight excluding hydrogens is 248 g/mol. The normalized spacial score (nSPS) is 11.9. The average molecular weight is 268 g/mol. The van der Waals surface area contributed by atoms with E-state index in [9.17, 15) is 9.59 Å². The fourth-order valence-electron chi connectivity index (χ4n) is 1.57. The summed E-state index contributed by atoms with van der Waals surface area (Å²) < 4.78 is 1.70. The van der Waals surface area contributed by atoms with E-state index in [0.717, 1.165) is 6.54 Å². The summed E-state index contributed by atoms with van der Waals surface area (Å²) in [5, 5.41) is 15.6. The van der Waals surface area contributed by atoms with Crippen LogP contribution in [0.15, 0.2) is 12.4 Å². The van der Waals surface area contributed by atoms with Crippen molar-refractivity contribution in [2.24, 2.45) is 5.92 Å². The Hall–Kier alpha value is -2.05. The Morgan fingerprint density at radius 3 is 2.68 bits per heavy atom. The number of aryl methyl sites for hydroxylation is 1. The van der Waals surface area contributed by atoms with E-state index in [2.05, 4.69) is 10.4 Å². The van der Waals surface area contributed by atoms with E-state index in [4.69, 9.17) is 5.11 Å². The van der Waals surface area contributed by atoms with Gasteiger partial charge in [-0.05, 0) is 13.8 Å². The molecule has 2 amide bonds. The van der Waals surface area contributed by atoms with Crippen LogP contribution in [0.4, 0.5) is 10.5 Å². The predicted octanol–water partition coefficient (Wildman–Crippen LogP) is 1.48. The topological polar surface area (TPSA) is 87.5 Å². The highest BCUT2D eigenvalue weighted by molar-refractivity contribution is 5.89. The summed E-state index contributed by atoms with van der Waals surface area (Å²) in [6, 6.07) is -0.314. The first-order valence-corrected chi connectivity index (χ1v) is 6.29. The molecule has 19 heavy (non-hydrogen) atoms. The summed E-state index contributed by atoms with van der Waals surface area (Å²) in [5.74, 6) is -1.51. The van der Waals surface area contributed by atoms with Gasteiger partial charge in [-0.2, -0.15) is 5.10 Å². The zero-order valence-electron chi connectivity index (χ0n) is 11.5. The Bertz CT molecular complexity index is 444. The second-order valence-electron chi connectivity index (χ2n) is 4.29. The lowest BCUT2D eigenvalue weighted by Gasteiger charge is -2.22. The van der Waals surface area contributed by atoms with Crippen molar-refractivity contribution in [1.82, 2.24) is 14.7 Å². The van der Waals surface area contributed by atoms with E-state index in [1.54, 1.807) is 24.0 Å². The smallest absolute Gasteiger partial charge is 0.321 e. The molecule has 2 N–H and O–H groups in total. The maximum Gasteiger partial charge on any atom is 0.321 e. The van der Waals surface area contributed by atoms with Crippen LogP contribution in [0.5, 0.6) is 0 Å². The van der Waals surface area contributed by atoms with Gasteiger partial charge in [0.05, 0.1) is 17.8 Å². The number of carboxylic acids is 1. The van der Waals surface area contributed by atoms with E-state index < -0.39 is 11.9 Å². The van der Waals surface area contributed by atoms with Gasteiger partial charge in [-0.15, -0.1) is 0 Å². The molecule has 1 heterocycles. The summed E-state index contributed by atoms with van der Waals surface area (Å²) in [5.41, 5.74) is 0.605. The van der Waals surface area contributed by atoms with Crippen LogP contribution in [0.25, 0.3) is 0 Å². The minimum Gasteiger partial charge on any atom is -0.481 e. The number of hydrogen-bond acceptors (Lipinski definition) is 3. The van der Waals surface area contributed by atoms with Crippen LogP contribution in [0.3, 0.4) is 0 Å². The van der Waals surface area contributed by atoms with E-state index in [0.29, 0.717) is 12.2 Å². The van der Waals surface area contributed by atoms with Gasteiger partial charge in [-0.3, -0.25) is 9.48 Å². The van der Waals surface area contributed by atoms with Crippen LogP contribution in [-0.2, 0) is 11.3 Å². The fourth-order valence-corrected chi connectivity index (χ4v) is 1.57. The third-order valence-electron chi connectivity index (χ3n) is 2.79. The number of aliphatic carboxylic acids is 1. The number of carbonyl (C=O) groups excluding carboxylic acids is 1. The first-order chi connectivity index (χ1) is 8.97. The van der Waals surface area contributed by atoms with Crippen molar-refractivity contribution < 1.29 is 14.7 Å². The Morgan fingerprint density at radius 1 is 1.53 bits per heavy atom. The number of amides is 2. The lowest BCUT2D eigenvalue weighted by Crippen LogP contribution is -2.39. The molecule has 0 bridgehead atoms. The highest BCUT2D eigenvalue weighted by Crippen LogP contribution is 2.08. The maximum atomic E-state index is 12.0. The lowest BCUT2D eigenvalue weighted by atomic mass is 10.2. The van der Waals surface area contributed by atoms with E-state index in [-0.39, 0.29) is 12.6 Å². The third-order valence-corrected chi connectivity index (χ3v) is 2.79. The van der Waals surface area contributed by atoms with E-state index in [1.807, 2.05) is 13.8 Å². The summed E-state index contributed by atoms with van der Waals surface area (Å²) in [6.45, 7) is 6.69. The summed E-state index contributed by atoms with van der Waals surface area (Å²) in [7, 11) is 0. The molecule has 0 saturated carbocycles. The molecule has 7 heteroatoms. The van der Waals surface area contributed by atoms with Crippen molar-refractivity contribution >= 4 is 17.7 Å². The molecule has 0 fully saturated rings. The zero-order chi connectivity index (χ0) is 14.4. The average Bonchev–Trinajstić information content (AvgIpc) is 2.82. The highest BCUT2D eigenvalue weighted by atomic mass is 16.4. The van der Waals surface area contributed by atoms with Crippen LogP contribution in [-0.4, -0.2) is 44.9 Å². The Balaban J connectivity index is 2.60. The van der Waals surface area contributed by atoms with Crippen LogP contribution < -0.4 is 5.32 Å². The molecule has 7 nitrogen and oxygen atoms in total. The van der Waals surface area contributed by atoms with Crippen LogP contribution in [0, 0.1) is 5.92 Å². The number of nitrogens with one attached hydrogen (secondary N) is 1. The minimum absolute atomic E-state index is 0.180. The summed E-state index contributed by atoms with van der Waals surface area (Å²) in [6.07, 6.45) is 3.29. The molecule has 0 aliphatic rings. The van der Waals surface area contributed by atoms with Gasteiger partial charge in [-0.1, -0.05) is 6.92 Å². The molecule has 1 rings (SSSR count). The van der Waals surface area contributed by atoms with Gasteiger partial charge in [0.1, 0.15) is 0 Å². The van der Waals surface area contributed by atoms with Gasteiger partial charge >= 0.3 is 12.0 Å². The second-order valence-corrected chi connectivity index (χ2v) is 4.29. The highest BCUT2D eigenvalue weighted by Gasteiger charge is 2.19. The standard InChI is InChI=1S/C12H20N4O3/c1-4-15(7-9(3)11(17)18)12(19)14-10-6-13-16(5-2)8-10/h6,8-9H,4-5,7H2,1-3H3,(H,14,19)(H,17,18). The van der Waals surface area contributed by atoms with Crippen LogP contribution in [0.2, 0.25) is 0 Å². The number of carbonyl (C=O) groups is 2. The molecule has 1 unspecified atom stereocenters. The Kier molecular flexibility index (Phi) is 5.35. The van der Waals surface area contributed by atoms with Gasteiger partial charge in [0, 0.05) is 25.8 Å². The number of urea groups is 1. The molecule has 0 radical (unpaired) electrons. The molecule has 0 aliphatic carbocycles. The van der Waals surface area contributed by atoms with Crippen molar-refractivity contribution in [3.8, 4) is 0 Å². The Morgan fingerprint density at radius 2 is 2.21 bits per heavy atom. The number of nitrogens with zero attached hydrogens (tertiary/aromatic N) is 3. The van der Waals surface area contributed by atoms with Crippen molar-refractivity contribution in [2.75, 3.05) is 18.4 Å². The number of hydrogen-bond donors (Lipinski definition) is 2. The van der Waals surface area contributed by atoms with E-state index >= 15 is 0 Å². The SMILES string of the molecule is CCN(CC(C)C(=O)O)C(=O)Nc1cnn(CC)c1. The monoisotopic (exact) mass is 268 g/mol. The number of rotatable bonds is 6. The lowest BCUT2D eigenvalue weighted by molar-refractivity contribution is -0.141. The second kappa shape index (κ2) is 6.77. The largest absolute Gasteiger partial charge is 0.481 e. The molecular formula is C12H20N4O3. The summed E-state index contributed by atoms with van der Waals surface area (Å²) >= 11 is 0. The van der Waals surface area contributed by atoms with Gasteiger partial charge in [0.25, 0.3) is 0 Å². The quantitative estimate of drug-likeness (QED) is 0.818. The molecule has 0 spiro atoms. The van der Waals surface area contributed by atoms with Gasteiger partial charge in [-0.25, -0.2) is 4.79 Å². The van der Waals surface area contributed by atoms with Gasteiger partial charge < -0.3 is 15.3 Å². The van der Waals surface area contributed by atoms with Crippen LogP contribution in [0.1, 0.15) is 20.8 Å². The molecule has 0 saturated heterocycles. The first-order valence-electron chi connectivity index (χ1n) is 6.29. The molecule has 1 atom stereocenters. The molecule has 106 valence electrons. The predicted molar refractivity (Wildman–Crippen MR) is 71.0 cm³/mol. The molecule has 0 aromatic carbocycles. The van der Waals surface area contributed by atoms with Crippen molar-refractivity contribution in [1.29, 1.82) is 0 Å². The molecule has 0 aliphatic heterocycles. The van der Waals surface area contributed by atoms with Crippen LogP contribution >= 0.6 is 0 Å². The fraction of sp³-hybridized carbons (Fsp3) is 0.583. The maximum absolute atomic E-state index is 12.0. The number of carboxylic acid groups (broad SMARTS) is 1. The number of aromatic nitrogens is 2. The van der Waals surface area contributed by atoms with Crippen molar-refractivity contribution in [3.63, 3.8) is 0 Å². The van der Waals surface area contributed by atoms with Crippen molar-refractivity contribution in [2.45, 2.75) is 27.3 Å². The Labute approximate surface area is 112 Å². The minimum atomic E-state index is -0.912. The zero-order valence-corrected chi connectivity index (χ0v) is 11.5. The van der Waals surface area contributed by atoms with Crippen molar-refractivity contribution in [3.05, 3.63) is 12.4 Å². The first kappa shape index (κ1) is 15.0. The van der Waals surface area contributed by atoms with Gasteiger partial charge in [0.2, 0.25) is 0 Å². The number of anilines is 1. The molecule has 1 aromatic heterocycles. The summed E-state index contributed by atoms with van der Waals surface area (Å²) in [4.78, 5) is 24.2. The van der Waals surface area contributed by atoms with E-state index in [1.165, 1.54) is 4.90 Å². The third kappa shape index (κ3) is 4.27.